The maximum atomic E-state index is 12.3. The number of nitrogens with zero attached hydrogens (tertiary/aromatic N) is 2. The van der Waals surface area contributed by atoms with Gasteiger partial charge in [0.15, 0.2) is 0 Å². The molecule has 6 nitrogen and oxygen atoms in total. The predicted octanol–water partition coefficient (Wildman–Crippen LogP) is 3.94. The minimum absolute atomic E-state index is 0.342. The first kappa shape index (κ1) is 18.4. The van der Waals surface area contributed by atoms with E-state index in [2.05, 4.69) is 20.7 Å². The van der Waals surface area contributed by atoms with Crippen molar-refractivity contribution in [2.45, 2.75) is 20.8 Å². The molecule has 0 spiro atoms. The molecule has 0 atom stereocenters. The fourth-order valence-electron chi connectivity index (χ4n) is 2.53. The van der Waals surface area contributed by atoms with E-state index in [0.29, 0.717) is 23.7 Å². The number of hydrogen-bond acceptors (Lipinski definition) is 4. The van der Waals surface area contributed by atoms with Gasteiger partial charge in [-0.15, -0.1) is 0 Å². The van der Waals surface area contributed by atoms with E-state index in [4.69, 9.17) is 4.74 Å². The molecule has 0 bridgehead atoms. The van der Waals surface area contributed by atoms with Gasteiger partial charge in [0.25, 0.3) is 5.91 Å². The minimum atomic E-state index is -0.342. The third-order valence-corrected chi connectivity index (χ3v) is 4.08. The molecule has 0 saturated heterocycles. The number of rotatable bonds is 6. The molecule has 1 heterocycles. The molecule has 0 radical (unpaired) electrons. The Kier molecular flexibility index (Phi) is 5.66. The van der Waals surface area contributed by atoms with Gasteiger partial charge in [0.1, 0.15) is 11.4 Å². The molecule has 6 heteroatoms. The zero-order valence-electron chi connectivity index (χ0n) is 15.6. The zero-order chi connectivity index (χ0) is 19.2. The second kappa shape index (κ2) is 8.31. The summed E-state index contributed by atoms with van der Waals surface area (Å²) in [6.07, 6.45) is 0. The number of nitrogens with one attached hydrogen (secondary N) is 2. The molecular formula is C21H22N4O2. The van der Waals surface area contributed by atoms with Crippen molar-refractivity contribution in [1.82, 2.24) is 15.6 Å². The molecule has 0 aliphatic carbocycles. The lowest BCUT2D eigenvalue weighted by molar-refractivity contribution is 0.0950. The number of hydrogen-bond donors (Lipinski definition) is 2. The van der Waals surface area contributed by atoms with E-state index in [0.717, 1.165) is 16.9 Å². The number of H-pyrrole nitrogens is 1. The Morgan fingerprint density at radius 3 is 2.52 bits per heavy atom. The first-order valence-electron chi connectivity index (χ1n) is 8.77. The second-order valence-electron chi connectivity index (χ2n) is 6.13. The van der Waals surface area contributed by atoms with Crippen LogP contribution in [0, 0.1) is 6.92 Å². The summed E-state index contributed by atoms with van der Waals surface area (Å²) in [5.74, 6) is 0.463. The number of aromatic nitrogens is 2. The molecule has 27 heavy (non-hydrogen) atoms. The Morgan fingerprint density at radius 2 is 1.85 bits per heavy atom. The molecule has 2 N–H and O–H groups in total. The van der Waals surface area contributed by atoms with Crippen molar-refractivity contribution in [2.24, 2.45) is 5.10 Å². The van der Waals surface area contributed by atoms with Crippen LogP contribution in [0.4, 0.5) is 0 Å². The zero-order valence-corrected chi connectivity index (χ0v) is 15.6. The normalized spacial score (nSPS) is 11.3. The summed E-state index contributed by atoms with van der Waals surface area (Å²) in [6, 6.07) is 17.2. The molecule has 0 unspecified atom stereocenters. The van der Waals surface area contributed by atoms with Crippen LogP contribution in [0.3, 0.4) is 0 Å². The summed E-state index contributed by atoms with van der Waals surface area (Å²) in [6.45, 7) is 6.42. The minimum Gasteiger partial charge on any atom is -0.494 e. The maximum Gasteiger partial charge on any atom is 0.289 e. The fourth-order valence-corrected chi connectivity index (χ4v) is 2.53. The number of ether oxygens (including phenoxy) is 1. The van der Waals surface area contributed by atoms with Crippen molar-refractivity contribution in [3.8, 4) is 17.0 Å². The van der Waals surface area contributed by atoms with Crippen LogP contribution in [0.2, 0.25) is 0 Å². The van der Waals surface area contributed by atoms with Crippen LogP contribution < -0.4 is 10.2 Å². The van der Waals surface area contributed by atoms with Crippen LogP contribution in [0.5, 0.6) is 5.75 Å². The molecular weight excluding hydrogens is 340 g/mol. The van der Waals surface area contributed by atoms with Gasteiger partial charge in [-0.2, -0.15) is 10.2 Å². The summed E-state index contributed by atoms with van der Waals surface area (Å²) in [7, 11) is 0. The Morgan fingerprint density at radius 1 is 1.15 bits per heavy atom. The van der Waals surface area contributed by atoms with Crippen molar-refractivity contribution >= 4 is 11.6 Å². The van der Waals surface area contributed by atoms with E-state index < -0.39 is 0 Å². The Labute approximate surface area is 158 Å². The van der Waals surface area contributed by atoms with Crippen LogP contribution in [0.15, 0.2) is 59.7 Å². The van der Waals surface area contributed by atoms with Gasteiger partial charge in [0.2, 0.25) is 0 Å². The lowest BCUT2D eigenvalue weighted by atomic mass is 10.1. The smallest absolute Gasteiger partial charge is 0.289 e. The number of amides is 1. The van der Waals surface area contributed by atoms with Crippen molar-refractivity contribution in [3.05, 3.63) is 71.4 Å². The molecule has 0 aliphatic heterocycles. The van der Waals surface area contributed by atoms with Crippen LogP contribution >= 0.6 is 0 Å². The van der Waals surface area contributed by atoms with Gasteiger partial charge >= 0.3 is 0 Å². The topological polar surface area (TPSA) is 79.4 Å². The highest BCUT2D eigenvalue weighted by Crippen LogP contribution is 2.18. The van der Waals surface area contributed by atoms with Crippen LogP contribution in [0.1, 0.15) is 35.5 Å². The van der Waals surface area contributed by atoms with E-state index >= 15 is 0 Å². The van der Waals surface area contributed by atoms with E-state index in [1.54, 1.807) is 6.07 Å². The monoisotopic (exact) mass is 362 g/mol. The molecule has 1 amide bonds. The van der Waals surface area contributed by atoms with E-state index in [1.807, 2.05) is 69.3 Å². The van der Waals surface area contributed by atoms with Crippen LogP contribution in [-0.4, -0.2) is 28.4 Å². The third-order valence-electron chi connectivity index (χ3n) is 4.08. The summed E-state index contributed by atoms with van der Waals surface area (Å²) < 4.78 is 5.42. The summed E-state index contributed by atoms with van der Waals surface area (Å²) >= 11 is 0. The van der Waals surface area contributed by atoms with Gasteiger partial charge in [-0.3, -0.25) is 9.89 Å². The van der Waals surface area contributed by atoms with Gasteiger partial charge < -0.3 is 4.74 Å². The lowest BCUT2D eigenvalue weighted by Crippen LogP contribution is -2.19. The van der Waals surface area contributed by atoms with Crippen molar-refractivity contribution < 1.29 is 9.53 Å². The number of aryl methyl sites for hydroxylation is 1. The third kappa shape index (κ3) is 4.61. The first-order valence-corrected chi connectivity index (χ1v) is 8.77. The predicted molar refractivity (Wildman–Crippen MR) is 106 cm³/mol. The van der Waals surface area contributed by atoms with E-state index in [9.17, 15) is 4.79 Å². The number of benzene rings is 2. The van der Waals surface area contributed by atoms with Crippen molar-refractivity contribution in [2.75, 3.05) is 6.61 Å². The number of carbonyl (C=O) groups excluding carboxylic acids is 1. The van der Waals surface area contributed by atoms with Gasteiger partial charge in [-0.05, 0) is 56.7 Å². The highest BCUT2D eigenvalue weighted by Gasteiger charge is 2.11. The SMILES string of the molecule is CCOc1ccc(/C(C)=N\NC(=O)c2cc(-c3ccc(C)cc3)n[nH]2)cc1. The summed E-state index contributed by atoms with van der Waals surface area (Å²) in [5, 5.41) is 11.1. The Bertz CT molecular complexity index is 941. The van der Waals surface area contributed by atoms with Gasteiger partial charge in [-0.25, -0.2) is 5.43 Å². The standard InChI is InChI=1S/C21H22N4O2/c1-4-27-18-11-9-16(10-12-18)15(3)22-25-21(26)20-13-19(23-24-20)17-7-5-14(2)6-8-17/h5-13H,4H2,1-3H3,(H,23,24)(H,25,26)/b22-15-. The van der Waals surface area contributed by atoms with E-state index in [-0.39, 0.29) is 5.91 Å². The fraction of sp³-hybridized carbons (Fsp3) is 0.190. The second-order valence-corrected chi connectivity index (χ2v) is 6.13. The van der Waals surface area contributed by atoms with Gasteiger partial charge in [0.05, 0.1) is 18.0 Å². The highest BCUT2D eigenvalue weighted by atomic mass is 16.5. The lowest BCUT2D eigenvalue weighted by Gasteiger charge is -2.05. The summed E-state index contributed by atoms with van der Waals surface area (Å²) in [5.41, 5.74) is 7.35. The van der Waals surface area contributed by atoms with E-state index in [1.165, 1.54) is 5.56 Å². The number of carbonyl (C=O) groups is 1. The average molecular weight is 362 g/mol. The quantitative estimate of drug-likeness (QED) is 0.515. The Hall–Kier alpha value is -3.41. The molecule has 1 aromatic heterocycles. The van der Waals surface area contributed by atoms with Crippen LogP contribution in [-0.2, 0) is 0 Å². The highest BCUT2D eigenvalue weighted by molar-refractivity contribution is 6.00. The molecule has 138 valence electrons. The molecule has 3 aromatic rings. The number of hydrazone groups is 1. The first-order chi connectivity index (χ1) is 13.1. The summed E-state index contributed by atoms with van der Waals surface area (Å²) in [4.78, 5) is 12.3. The number of aromatic amines is 1. The average Bonchev–Trinajstić information content (AvgIpc) is 3.17. The molecule has 0 aliphatic rings. The van der Waals surface area contributed by atoms with Crippen molar-refractivity contribution in [3.63, 3.8) is 0 Å². The maximum absolute atomic E-state index is 12.3. The van der Waals surface area contributed by atoms with Crippen molar-refractivity contribution in [1.29, 1.82) is 0 Å². The molecule has 0 saturated carbocycles. The van der Waals surface area contributed by atoms with Crippen LogP contribution in [0.25, 0.3) is 11.3 Å². The van der Waals surface area contributed by atoms with Gasteiger partial charge in [0, 0.05) is 5.56 Å². The molecule has 3 rings (SSSR count). The molecule has 2 aromatic carbocycles. The largest absolute Gasteiger partial charge is 0.494 e. The molecule has 0 fully saturated rings. The van der Waals surface area contributed by atoms with Gasteiger partial charge in [-0.1, -0.05) is 29.8 Å². The Balaban J connectivity index is 1.66.